The summed E-state index contributed by atoms with van der Waals surface area (Å²) in [6.45, 7) is 0. The number of anilines is 1. The van der Waals surface area contributed by atoms with E-state index in [0.717, 1.165) is 35.3 Å². The lowest BCUT2D eigenvalue weighted by Crippen LogP contribution is -2.11. The van der Waals surface area contributed by atoms with Crippen LogP contribution in [0.15, 0.2) is 36.0 Å². The second-order valence-electron chi connectivity index (χ2n) is 5.03. The molecule has 0 radical (unpaired) electrons. The number of aryl methyl sites for hydroxylation is 1. The third-order valence-corrected chi connectivity index (χ3v) is 3.70. The number of nitrogens with zero attached hydrogens (tertiary/aromatic N) is 2. The first-order chi connectivity index (χ1) is 9.70. The molecule has 1 aromatic carbocycles. The molecule has 0 unspecified atom stereocenters. The van der Waals surface area contributed by atoms with E-state index in [1.165, 1.54) is 0 Å². The Morgan fingerprint density at radius 2 is 2.10 bits per heavy atom. The smallest absolute Gasteiger partial charge is 0.157 e. The number of nitrogens with one attached hydrogen (secondary N) is 1. The van der Waals surface area contributed by atoms with Crippen molar-refractivity contribution in [3.8, 4) is 6.07 Å². The van der Waals surface area contributed by atoms with Crippen molar-refractivity contribution in [2.75, 3.05) is 5.32 Å². The van der Waals surface area contributed by atoms with Gasteiger partial charge in [-0.05, 0) is 18.9 Å². The summed E-state index contributed by atoms with van der Waals surface area (Å²) >= 11 is 0. The number of aromatic nitrogens is 1. The molecule has 0 fully saturated rings. The molecule has 0 saturated carbocycles. The summed E-state index contributed by atoms with van der Waals surface area (Å²) in [5.74, 6) is 0.908. The number of allylic oxidation sites excluding steroid dienone is 2. The maximum Gasteiger partial charge on any atom is 0.157 e. The quantitative estimate of drug-likeness (QED) is 0.907. The van der Waals surface area contributed by atoms with Gasteiger partial charge in [-0.2, -0.15) is 5.26 Å². The molecule has 1 aliphatic carbocycles. The Morgan fingerprint density at radius 3 is 2.85 bits per heavy atom. The fourth-order valence-corrected chi connectivity index (χ4v) is 2.70. The fourth-order valence-electron chi connectivity index (χ4n) is 2.70. The highest BCUT2D eigenvalue weighted by molar-refractivity contribution is 5.94. The fraction of sp³-hybridized carbons (Fsp3) is 0.250. The molecule has 0 aliphatic heterocycles. The van der Waals surface area contributed by atoms with Crippen LogP contribution in [0, 0.1) is 11.3 Å². The normalized spacial score (nSPS) is 15.0. The summed E-state index contributed by atoms with van der Waals surface area (Å²) in [7, 11) is 1.93. The van der Waals surface area contributed by atoms with E-state index in [0.29, 0.717) is 12.0 Å². The van der Waals surface area contributed by atoms with Gasteiger partial charge in [0.25, 0.3) is 0 Å². The molecule has 4 nitrogen and oxygen atoms in total. The third-order valence-electron chi connectivity index (χ3n) is 3.70. The predicted molar refractivity (Wildman–Crippen MR) is 78.2 cm³/mol. The van der Waals surface area contributed by atoms with Crippen molar-refractivity contribution >= 4 is 22.5 Å². The zero-order chi connectivity index (χ0) is 14.1. The summed E-state index contributed by atoms with van der Waals surface area (Å²) in [5.41, 5.74) is 2.53. The maximum atomic E-state index is 11.5. The lowest BCUT2D eigenvalue weighted by atomic mass is 10.0. The predicted octanol–water partition coefficient (Wildman–Crippen LogP) is 3.10. The molecule has 1 aromatic heterocycles. The molecule has 1 aliphatic rings. The van der Waals surface area contributed by atoms with Crippen LogP contribution in [0.3, 0.4) is 0 Å². The Morgan fingerprint density at radius 1 is 1.30 bits per heavy atom. The largest absolute Gasteiger partial charge is 0.344 e. The Hall–Kier alpha value is -2.54. The van der Waals surface area contributed by atoms with Gasteiger partial charge in [0.05, 0.1) is 5.52 Å². The van der Waals surface area contributed by atoms with Crippen molar-refractivity contribution in [3.63, 3.8) is 0 Å². The molecule has 0 spiro atoms. The molecule has 3 rings (SSSR count). The molecular weight excluding hydrogens is 250 g/mol. The van der Waals surface area contributed by atoms with E-state index in [4.69, 9.17) is 0 Å². The first-order valence-corrected chi connectivity index (χ1v) is 6.68. The van der Waals surface area contributed by atoms with Crippen molar-refractivity contribution in [2.45, 2.75) is 19.3 Å². The lowest BCUT2D eigenvalue weighted by molar-refractivity contribution is -0.115. The van der Waals surface area contributed by atoms with E-state index in [9.17, 15) is 10.1 Å². The Kier molecular flexibility index (Phi) is 3.03. The second kappa shape index (κ2) is 4.86. The van der Waals surface area contributed by atoms with E-state index in [-0.39, 0.29) is 5.78 Å². The molecule has 1 N–H and O–H groups in total. The van der Waals surface area contributed by atoms with Crippen LogP contribution in [0.25, 0.3) is 10.9 Å². The maximum absolute atomic E-state index is 11.5. The van der Waals surface area contributed by atoms with Crippen LogP contribution in [0.5, 0.6) is 0 Å². The van der Waals surface area contributed by atoms with E-state index in [1.807, 2.05) is 35.9 Å². The first-order valence-electron chi connectivity index (χ1n) is 6.68. The monoisotopic (exact) mass is 265 g/mol. The van der Waals surface area contributed by atoms with Crippen LogP contribution in [0.1, 0.15) is 24.8 Å². The van der Waals surface area contributed by atoms with Crippen LogP contribution in [0.4, 0.5) is 5.82 Å². The van der Waals surface area contributed by atoms with Crippen LogP contribution in [-0.4, -0.2) is 10.4 Å². The Bertz CT molecular complexity index is 762. The summed E-state index contributed by atoms with van der Waals surface area (Å²) < 4.78 is 1.97. The highest BCUT2D eigenvalue weighted by atomic mass is 16.1. The van der Waals surface area contributed by atoms with Crippen molar-refractivity contribution in [1.82, 2.24) is 4.57 Å². The number of carbonyl (C=O) groups is 1. The highest BCUT2D eigenvalue weighted by Gasteiger charge is 2.17. The minimum atomic E-state index is 0.149. The number of hydrogen-bond donors (Lipinski definition) is 1. The lowest BCUT2D eigenvalue weighted by Gasteiger charge is -2.15. The van der Waals surface area contributed by atoms with Gasteiger partial charge in [-0.3, -0.25) is 4.79 Å². The van der Waals surface area contributed by atoms with Crippen molar-refractivity contribution in [2.24, 2.45) is 7.05 Å². The van der Waals surface area contributed by atoms with Gasteiger partial charge in [-0.1, -0.05) is 18.2 Å². The summed E-state index contributed by atoms with van der Waals surface area (Å²) in [6, 6.07) is 10.1. The van der Waals surface area contributed by atoms with Crippen LogP contribution >= 0.6 is 0 Å². The van der Waals surface area contributed by atoms with Gasteiger partial charge in [-0.25, -0.2) is 0 Å². The minimum Gasteiger partial charge on any atom is -0.344 e. The third kappa shape index (κ3) is 1.97. The topological polar surface area (TPSA) is 57.8 Å². The first kappa shape index (κ1) is 12.5. The Labute approximate surface area is 117 Å². The molecule has 2 aromatic rings. The Balaban J connectivity index is 2.10. The van der Waals surface area contributed by atoms with Crippen LogP contribution in [0.2, 0.25) is 0 Å². The molecular formula is C16H15N3O. The van der Waals surface area contributed by atoms with E-state index < -0.39 is 0 Å². The van der Waals surface area contributed by atoms with Crippen LogP contribution < -0.4 is 5.32 Å². The van der Waals surface area contributed by atoms with E-state index in [2.05, 4.69) is 11.4 Å². The number of nitriles is 1. The second-order valence-corrected chi connectivity index (χ2v) is 5.03. The standard InChI is InChI=1S/C16H15N3O/c1-19-15-8-3-2-7-13(15)14(10-17)16(19)18-11-5-4-6-12(20)9-11/h2-3,7-9,18H,4-6H2,1H3. The van der Waals surface area contributed by atoms with Crippen molar-refractivity contribution in [3.05, 3.63) is 41.6 Å². The number of hydrogen-bond acceptors (Lipinski definition) is 3. The highest BCUT2D eigenvalue weighted by Crippen LogP contribution is 2.30. The molecule has 1 heterocycles. The number of ketones is 1. The van der Waals surface area contributed by atoms with E-state index >= 15 is 0 Å². The average Bonchev–Trinajstić information content (AvgIpc) is 2.72. The molecule has 0 bridgehead atoms. The number of fused-ring (bicyclic) bond motifs is 1. The molecule has 4 heteroatoms. The summed E-state index contributed by atoms with van der Waals surface area (Å²) in [4.78, 5) is 11.5. The summed E-state index contributed by atoms with van der Waals surface area (Å²) in [5, 5.41) is 13.6. The number of benzene rings is 1. The minimum absolute atomic E-state index is 0.149. The zero-order valence-electron chi connectivity index (χ0n) is 11.3. The van der Waals surface area contributed by atoms with Gasteiger partial charge in [0.1, 0.15) is 17.5 Å². The van der Waals surface area contributed by atoms with Gasteiger partial charge in [0, 0.05) is 30.6 Å². The summed E-state index contributed by atoms with van der Waals surface area (Å²) in [6.07, 6.45) is 3.98. The van der Waals surface area contributed by atoms with Gasteiger partial charge < -0.3 is 9.88 Å². The molecule has 0 amide bonds. The van der Waals surface area contributed by atoms with E-state index in [1.54, 1.807) is 6.08 Å². The van der Waals surface area contributed by atoms with Crippen molar-refractivity contribution in [1.29, 1.82) is 5.26 Å². The molecule has 0 saturated heterocycles. The van der Waals surface area contributed by atoms with Gasteiger partial charge in [-0.15, -0.1) is 0 Å². The van der Waals surface area contributed by atoms with Gasteiger partial charge >= 0.3 is 0 Å². The van der Waals surface area contributed by atoms with Gasteiger partial charge in [0.15, 0.2) is 5.78 Å². The zero-order valence-corrected chi connectivity index (χ0v) is 11.3. The van der Waals surface area contributed by atoms with Crippen LogP contribution in [-0.2, 0) is 11.8 Å². The van der Waals surface area contributed by atoms with Crippen molar-refractivity contribution < 1.29 is 4.79 Å². The number of carbonyl (C=O) groups excluding carboxylic acids is 1. The molecule has 100 valence electrons. The SMILES string of the molecule is Cn1c(NC2=CC(=O)CCC2)c(C#N)c2ccccc21. The molecule has 0 atom stereocenters. The number of rotatable bonds is 2. The number of para-hydroxylation sites is 1. The molecule has 20 heavy (non-hydrogen) atoms. The average molecular weight is 265 g/mol. The van der Waals surface area contributed by atoms with Gasteiger partial charge in [0.2, 0.25) is 0 Å².